The topological polar surface area (TPSA) is 60.2 Å². The molecule has 0 spiro atoms. The second-order valence-electron chi connectivity index (χ2n) is 4.94. The van der Waals surface area contributed by atoms with E-state index in [9.17, 15) is 8.42 Å². The molecule has 0 amide bonds. The van der Waals surface area contributed by atoms with Gasteiger partial charge in [-0.15, -0.1) is 0 Å². The lowest BCUT2D eigenvalue weighted by Gasteiger charge is -2.06. The first-order valence-electron chi connectivity index (χ1n) is 6.81. The van der Waals surface area contributed by atoms with Gasteiger partial charge in [-0.3, -0.25) is 0 Å². The Morgan fingerprint density at radius 2 is 1.71 bits per heavy atom. The van der Waals surface area contributed by atoms with E-state index in [1.54, 1.807) is 0 Å². The number of rotatable bonds is 6. The molecule has 21 heavy (non-hydrogen) atoms. The minimum atomic E-state index is -3.29. The molecule has 0 bridgehead atoms. The summed E-state index contributed by atoms with van der Waals surface area (Å²) in [6.45, 7) is 0. The zero-order valence-corrected chi connectivity index (χ0v) is 13.2. The molecule has 0 saturated heterocycles. The Morgan fingerprint density at radius 3 is 2.38 bits per heavy atom. The molecule has 0 radical (unpaired) electrons. The molecule has 5 heteroatoms. The second kappa shape index (κ2) is 6.96. The van der Waals surface area contributed by atoms with Crippen molar-refractivity contribution in [3.05, 3.63) is 59.1 Å². The number of hydrogen-bond acceptors (Lipinski definition) is 3. The first-order valence-corrected chi connectivity index (χ1v) is 8.84. The van der Waals surface area contributed by atoms with Crippen molar-refractivity contribution in [2.75, 3.05) is 11.5 Å². The van der Waals surface area contributed by atoms with Crippen LogP contribution < -0.4 is 5.73 Å². The summed E-state index contributed by atoms with van der Waals surface area (Å²) < 4.78 is 24.4. The van der Waals surface area contributed by atoms with Crippen LogP contribution in [0.5, 0.6) is 0 Å². The third kappa shape index (κ3) is 4.48. The Balaban J connectivity index is 1.91. The number of aryl methyl sites for hydroxylation is 1. The first kappa shape index (κ1) is 15.9. The highest BCUT2D eigenvalue weighted by Gasteiger charge is 2.15. The number of hydrogen-bond donors (Lipinski definition) is 1. The number of benzene rings is 2. The van der Waals surface area contributed by atoms with Gasteiger partial charge in [0.25, 0.3) is 0 Å². The lowest BCUT2D eigenvalue weighted by atomic mass is 10.1. The lowest BCUT2D eigenvalue weighted by molar-refractivity contribution is 0.591. The SMILES string of the molecule is Nc1ccc(S(=O)(=O)CCCCc2ccccc2)cc1Cl. The molecule has 0 atom stereocenters. The average molecular weight is 324 g/mol. The molecule has 0 unspecified atom stereocenters. The minimum absolute atomic E-state index is 0.125. The van der Waals surface area contributed by atoms with Crippen molar-refractivity contribution < 1.29 is 8.42 Å². The van der Waals surface area contributed by atoms with E-state index in [1.807, 2.05) is 30.3 Å². The van der Waals surface area contributed by atoms with Crippen LogP contribution in [0, 0.1) is 0 Å². The summed E-state index contributed by atoms with van der Waals surface area (Å²) in [5, 5.41) is 0.278. The molecular weight excluding hydrogens is 306 g/mol. The summed E-state index contributed by atoms with van der Waals surface area (Å²) in [4.78, 5) is 0.237. The van der Waals surface area contributed by atoms with E-state index in [2.05, 4.69) is 0 Å². The van der Waals surface area contributed by atoms with Gasteiger partial charge >= 0.3 is 0 Å². The zero-order valence-electron chi connectivity index (χ0n) is 11.6. The van der Waals surface area contributed by atoms with Gasteiger partial charge in [0.1, 0.15) is 0 Å². The Hall–Kier alpha value is -1.52. The number of sulfone groups is 1. The lowest BCUT2D eigenvalue weighted by Crippen LogP contribution is -2.07. The fourth-order valence-corrected chi connectivity index (χ4v) is 3.72. The van der Waals surface area contributed by atoms with E-state index in [0.717, 1.165) is 12.8 Å². The molecule has 0 fully saturated rings. The van der Waals surface area contributed by atoms with Gasteiger partial charge in [0, 0.05) is 0 Å². The molecule has 0 heterocycles. The van der Waals surface area contributed by atoms with Crippen LogP contribution in [0.15, 0.2) is 53.4 Å². The maximum absolute atomic E-state index is 12.2. The second-order valence-corrected chi connectivity index (χ2v) is 7.46. The molecular formula is C16H18ClNO2S. The van der Waals surface area contributed by atoms with Crippen LogP contribution in [-0.2, 0) is 16.3 Å². The first-order chi connectivity index (χ1) is 9.99. The van der Waals surface area contributed by atoms with Crippen molar-refractivity contribution in [3.8, 4) is 0 Å². The predicted octanol–water partition coefficient (Wildman–Crippen LogP) is 3.72. The molecule has 112 valence electrons. The molecule has 0 aliphatic heterocycles. The highest BCUT2D eigenvalue weighted by molar-refractivity contribution is 7.91. The number of nitrogen functional groups attached to an aromatic ring is 1. The fraction of sp³-hybridized carbons (Fsp3) is 0.250. The average Bonchev–Trinajstić information content (AvgIpc) is 2.47. The quantitative estimate of drug-likeness (QED) is 0.651. The number of unbranched alkanes of at least 4 members (excludes halogenated alkanes) is 1. The Labute approximate surface area is 130 Å². The molecule has 0 aromatic heterocycles. The summed E-state index contributed by atoms with van der Waals surface area (Å²) >= 11 is 5.87. The molecule has 0 saturated carbocycles. The van der Waals surface area contributed by atoms with Gasteiger partial charge in [0.15, 0.2) is 9.84 Å². The Morgan fingerprint density at radius 1 is 1.00 bits per heavy atom. The Bertz CT molecular complexity index is 699. The normalized spacial score (nSPS) is 11.5. The molecule has 2 N–H and O–H groups in total. The number of nitrogens with two attached hydrogens (primary N) is 1. The van der Waals surface area contributed by atoms with Gasteiger partial charge in [-0.25, -0.2) is 8.42 Å². The van der Waals surface area contributed by atoms with Gasteiger partial charge in [0.2, 0.25) is 0 Å². The maximum atomic E-state index is 12.2. The van der Waals surface area contributed by atoms with E-state index in [-0.39, 0.29) is 15.7 Å². The van der Waals surface area contributed by atoms with Gasteiger partial charge < -0.3 is 5.73 Å². The van der Waals surface area contributed by atoms with Crippen LogP contribution in [0.2, 0.25) is 5.02 Å². The van der Waals surface area contributed by atoms with E-state index >= 15 is 0 Å². The van der Waals surface area contributed by atoms with E-state index < -0.39 is 9.84 Å². The fourth-order valence-electron chi connectivity index (χ4n) is 2.09. The van der Waals surface area contributed by atoms with E-state index in [0.29, 0.717) is 12.1 Å². The smallest absolute Gasteiger partial charge is 0.178 e. The van der Waals surface area contributed by atoms with Crippen molar-refractivity contribution in [2.45, 2.75) is 24.2 Å². The summed E-state index contributed by atoms with van der Waals surface area (Å²) in [6, 6.07) is 14.5. The monoisotopic (exact) mass is 323 g/mol. The van der Waals surface area contributed by atoms with Crippen LogP contribution >= 0.6 is 11.6 Å². The highest BCUT2D eigenvalue weighted by atomic mass is 35.5. The van der Waals surface area contributed by atoms with Gasteiger partial charge in [0.05, 0.1) is 21.4 Å². The van der Waals surface area contributed by atoms with Crippen LogP contribution in [0.1, 0.15) is 18.4 Å². The van der Waals surface area contributed by atoms with Gasteiger partial charge in [-0.1, -0.05) is 41.9 Å². The maximum Gasteiger partial charge on any atom is 0.178 e. The molecule has 3 nitrogen and oxygen atoms in total. The largest absolute Gasteiger partial charge is 0.398 e. The predicted molar refractivity (Wildman–Crippen MR) is 87.3 cm³/mol. The summed E-state index contributed by atoms with van der Waals surface area (Å²) in [5.74, 6) is 0.125. The van der Waals surface area contributed by atoms with Crippen molar-refractivity contribution >= 4 is 27.1 Å². The molecule has 0 aliphatic carbocycles. The molecule has 2 aromatic carbocycles. The molecule has 2 aromatic rings. The summed E-state index contributed by atoms with van der Waals surface area (Å²) in [6.07, 6.45) is 2.35. The van der Waals surface area contributed by atoms with Crippen LogP contribution in [0.3, 0.4) is 0 Å². The van der Waals surface area contributed by atoms with E-state index in [4.69, 9.17) is 17.3 Å². The third-order valence-corrected chi connectivity index (χ3v) is 5.43. The standard InChI is InChI=1S/C16H18ClNO2S/c17-15-12-14(9-10-16(15)18)21(19,20)11-5-4-8-13-6-2-1-3-7-13/h1-3,6-7,9-10,12H,4-5,8,11,18H2. The van der Waals surface area contributed by atoms with E-state index in [1.165, 1.54) is 23.8 Å². The number of halogens is 1. The van der Waals surface area contributed by atoms with Crippen LogP contribution in [0.4, 0.5) is 5.69 Å². The highest BCUT2D eigenvalue weighted by Crippen LogP contribution is 2.23. The van der Waals surface area contributed by atoms with Gasteiger partial charge in [-0.2, -0.15) is 0 Å². The van der Waals surface area contributed by atoms with Crippen LogP contribution in [-0.4, -0.2) is 14.2 Å². The van der Waals surface area contributed by atoms with Crippen molar-refractivity contribution in [1.29, 1.82) is 0 Å². The zero-order chi connectivity index (χ0) is 15.3. The molecule has 2 rings (SSSR count). The van der Waals surface area contributed by atoms with Crippen LogP contribution in [0.25, 0.3) is 0 Å². The van der Waals surface area contributed by atoms with Gasteiger partial charge in [-0.05, 0) is 43.0 Å². The Kier molecular flexibility index (Phi) is 5.26. The van der Waals surface area contributed by atoms with Crippen molar-refractivity contribution in [3.63, 3.8) is 0 Å². The third-order valence-electron chi connectivity index (χ3n) is 3.30. The number of anilines is 1. The molecule has 0 aliphatic rings. The summed E-state index contributed by atoms with van der Waals surface area (Å²) in [7, 11) is -3.29. The summed E-state index contributed by atoms with van der Waals surface area (Å²) in [5.41, 5.74) is 7.21. The van der Waals surface area contributed by atoms with Crippen molar-refractivity contribution in [2.24, 2.45) is 0 Å². The van der Waals surface area contributed by atoms with Crippen molar-refractivity contribution in [1.82, 2.24) is 0 Å². The minimum Gasteiger partial charge on any atom is -0.398 e.